The number of urea groups is 1. The average Bonchev–Trinajstić information content (AvgIpc) is 2.87. The Labute approximate surface area is 124 Å². The van der Waals surface area contributed by atoms with Crippen LogP contribution in [0, 0.1) is 11.6 Å². The third-order valence-corrected chi connectivity index (χ3v) is 3.58. The van der Waals surface area contributed by atoms with E-state index in [1.54, 1.807) is 6.92 Å². The van der Waals surface area contributed by atoms with E-state index in [0.29, 0.717) is 6.61 Å². The van der Waals surface area contributed by atoms with E-state index in [2.05, 4.69) is 26.6 Å². The minimum absolute atomic E-state index is 0.0552. The molecule has 2 N–H and O–H groups in total. The van der Waals surface area contributed by atoms with Crippen molar-refractivity contribution in [3.8, 4) is 0 Å². The third kappa shape index (κ3) is 3.67. The molecule has 0 radical (unpaired) electrons. The van der Waals surface area contributed by atoms with Gasteiger partial charge in [0.25, 0.3) is 0 Å². The molecule has 110 valence electrons. The molecule has 1 aliphatic rings. The van der Waals surface area contributed by atoms with Crippen LogP contribution in [0.15, 0.2) is 16.6 Å². The number of ether oxygens (including phenoxy) is 1. The van der Waals surface area contributed by atoms with Crippen molar-refractivity contribution < 1.29 is 18.3 Å². The van der Waals surface area contributed by atoms with Gasteiger partial charge in [-0.25, -0.2) is 13.6 Å². The Balaban J connectivity index is 1.97. The number of hydrogen-bond donors (Lipinski definition) is 2. The average molecular weight is 349 g/mol. The molecule has 0 aromatic heterocycles. The van der Waals surface area contributed by atoms with Crippen LogP contribution in [0.2, 0.25) is 0 Å². The van der Waals surface area contributed by atoms with E-state index >= 15 is 0 Å². The van der Waals surface area contributed by atoms with Crippen molar-refractivity contribution in [2.75, 3.05) is 11.9 Å². The minimum Gasteiger partial charge on any atom is -0.376 e. The van der Waals surface area contributed by atoms with Gasteiger partial charge in [0, 0.05) is 11.1 Å². The molecule has 1 heterocycles. The van der Waals surface area contributed by atoms with Gasteiger partial charge in [-0.3, -0.25) is 0 Å². The molecule has 20 heavy (non-hydrogen) atoms. The Bertz CT molecular complexity index is 484. The standard InChI is InChI=1S/C13H15BrF2N2O2/c1-7(11-3-2-4-20-11)17-13(19)18-12-9(15)5-8(14)6-10(12)16/h5-7,11H,2-4H2,1H3,(H2,17,18,19)/t7-,11-/m0/s1. The molecule has 1 aromatic carbocycles. The first kappa shape index (κ1) is 15.2. The van der Waals surface area contributed by atoms with Gasteiger partial charge in [0.05, 0.1) is 12.1 Å². The summed E-state index contributed by atoms with van der Waals surface area (Å²) >= 11 is 2.97. The Kier molecular flexibility index (Phi) is 4.93. The van der Waals surface area contributed by atoms with E-state index in [0.717, 1.165) is 25.0 Å². The SMILES string of the molecule is C[C@H](NC(=O)Nc1c(F)cc(Br)cc1F)[C@@H]1CCCO1. The largest absolute Gasteiger partial charge is 0.376 e. The maximum Gasteiger partial charge on any atom is 0.319 e. The summed E-state index contributed by atoms with van der Waals surface area (Å²) in [6, 6.07) is 1.29. The first-order valence-corrected chi connectivity index (χ1v) is 7.10. The van der Waals surface area contributed by atoms with Gasteiger partial charge in [0.1, 0.15) is 5.69 Å². The maximum atomic E-state index is 13.6. The van der Waals surface area contributed by atoms with Crippen molar-refractivity contribution in [1.82, 2.24) is 5.32 Å². The molecule has 2 amide bonds. The van der Waals surface area contributed by atoms with Gasteiger partial charge in [0.2, 0.25) is 0 Å². The highest BCUT2D eigenvalue weighted by Gasteiger charge is 2.24. The van der Waals surface area contributed by atoms with Gasteiger partial charge < -0.3 is 15.4 Å². The highest BCUT2D eigenvalue weighted by molar-refractivity contribution is 9.10. The molecule has 1 aliphatic heterocycles. The minimum atomic E-state index is -0.836. The lowest BCUT2D eigenvalue weighted by atomic mass is 10.1. The molecule has 0 unspecified atom stereocenters. The third-order valence-electron chi connectivity index (χ3n) is 3.13. The predicted octanol–water partition coefficient (Wildman–Crippen LogP) is 3.42. The van der Waals surface area contributed by atoms with Crippen LogP contribution in [0.3, 0.4) is 0 Å². The Morgan fingerprint density at radius 2 is 2.10 bits per heavy atom. The number of hydrogen-bond acceptors (Lipinski definition) is 2. The summed E-state index contributed by atoms with van der Waals surface area (Å²) < 4.78 is 32.8. The number of anilines is 1. The second kappa shape index (κ2) is 6.49. The fourth-order valence-corrected chi connectivity index (χ4v) is 2.51. The second-order valence-corrected chi connectivity index (χ2v) is 5.60. The topological polar surface area (TPSA) is 50.4 Å². The van der Waals surface area contributed by atoms with Gasteiger partial charge in [-0.05, 0) is 31.9 Å². The van der Waals surface area contributed by atoms with Crippen LogP contribution in [0.1, 0.15) is 19.8 Å². The Hall–Kier alpha value is -1.21. The summed E-state index contributed by atoms with van der Waals surface area (Å²) in [6.45, 7) is 2.47. The summed E-state index contributed by atoms with van der Waals surface area (Å²) in [6.07, 6.45) is 1.76. The van der Waals surface area contributed by atoms with Crippen molar-refractivity contribution in [2.24, 2.45) is 0 Å². The number of carbonyl (C=O) groups is 1. The number of nitrogens with one attached hydrogen (secondary N) is 2. The highest BCUT2D eigenvalue weighted by atomic mass is 79.9. The molecular weight excluding hydrogens is 334 g/mol. The highest BCUT2D eigenvalue weighted by Crippen LogP contribution is 2.23. The predicted molar refractivity (Wildman–Crippen MR) is 74.6 cm³/mol. The van der Waals surface area contributed by atoms with E-state index < -0.39 is 23.4 Å². The van der Waals surface area contributed by atoms with Crippen LogP contribution < -0.4 is 10.6 Å². The lowest BCUT2D eigenvalue weighted by molar-refractivity contribution is 0.0868. The molecule has 2 atom stereocenters. The van der Waals surface area contributed by atoms with Crippen LogP contribution in [-0.2, 0) is 4.74 Å². The molecule has 0 aliphatic carbocycles. The van der Waals surface area contributed by atoms with Crippen LogP contribution in [0.4, 0.5) is 19.3 Å². The summed E-state index contributed by atoms with van der Waals surface area (Å²) in [5, 5.41) is 4.80. The fourth-order valence-electron chi connectivity index (χ4n) is 2.11. The monoisotopic (exact) mass is 348 g/mol. The van der Waals surface area contributed by atoms with Crippen LogP contribution in [0.5, 0.6) is 0 Å². The number of benzene rings is 1. The van der Waals surface area contributed by atoms with Crippen molar-refractivity contribution in [2.45, 2.75) is 31.9 Å². The lowest BCUT2D eigenvalue weighted by Gasteiger charge is -2.20. The Morgan fingerprint density at radius 3 is 2.65 bits per heavy atom. The van der Waals surface area contributed by atoms with Gasteiger partial charge in [-0.15, -0.1) is 0 Å². The van der Waals surface area contributed by atoms with Gasteiger partial charge in [-0.2, -0.15) is 0 Å². The molecule has 1 saturated heterocycles. The quantitative estimate of drug-likeness (QED) is 0.879. The molecule has 7 heteroatoms. The van der Waals surface area contributed by atoms with E-state index in [4.69, 9.17) is 4.74 Å². The normalized spacial score (nSPS) is 19.7. The van der Waals surface area contributed by atoms with E-state index in [9.17, 15) is 13.6 Å². The number of rotatable bonds is 3. The molecule has 4 nitrogen and oxygen atoms in total. The van der Waals surface area contributed by atoms with Crippen molar-refractivity contribution in [3.63, 3.8) is 0 Å². The van der Waals surface area contributed by atoms with Crippen molar-refractivity contribution in [1.29, 1.82) is 0 Å². The summed E-state index contributed by atoms with van der Waals surface area (Å²) in [7, 11) is 0. The van der Waals surface area contributed by atoms with E-state index in [1.165, 1.54) is 0 Å². The van der Waals surface area contributed by atoms with Crippen LogP contribution >= 0.6 is 15.9 Å². The van der Waals surface area contributed by atoms with E-state index in [1.807, 2.05) is 0 Å². The Morgan fingerprint density at radius 1 is 1.45 bits per heavy atom. The second-order valence-electron chi connectivity index (χ2n) is 4.68. The zero-order valence-electron chi connectivity index (χ0n) is 10.9. The first-order valence-electron chi connectivity index (χ1n) is 6.31. The molecule has 0 spiro atoms. The lowest BCUT2D eigenvalue weighted by Crippen LogP contribution is -2.43. The zero-order valence-corrected chi connectivity index (χ0v) is 12.5. The van der Waals surface area contributed by atoms with E-state index in [-0.39, 0.29) is 16.6 Å². The number of halogens is 3. The van der Waals surface area contributed by atoms with Crippen molar-refractivity contribution in [3.05, 3.63) is 28.2 Å². The smallest absolute Gasteiger partial charge is 0.319 e. The van der Waals surface area contributed by atoms with Gasteiger partial charge in [0.15, 0.2) is 11.6 Å². The molecule has 1 fully saturated rings. The molecule has 2 rings (SSSR count). The zero-order chi connectivity index (χ0) is 14.7. The summed E-state index contributed by atoms with van der Waals surface area (Å²) in [5.74, 6) is -1.67. The maximum absolute atomic E-state index is 13.6. The van der Waals surface area contributed by atoms with Gasteiger partial charge >= 0.3 is 6.03 Å². The molecular formula is C13H15BrF2N2O2. The van der Waals surface area contributed by atoms with Crippen LogP contribution in [-0.4, -0.2) is 24.8 Å². The molecule has 0 saturated carbocycles. The van der Waals surface area contributed by atoms with Crippen molar-refractivity contribution >= 4 is 27.6 Å². The first-order chi connectivity index (χ1) is 9.47. The summed E-state index contributed by atoms with van der Waals surface area (Å²) in [5.41, 5.74) is -0.467. The number of carbonyl (C=O) groups excluding carboxylic acids is 1. The summed E-state index contributed by atoms with van der Waals surface area (Å²) in [4.78, 5) is 11.7. The molecule has 0 bridgehead atoms. The van der Waals surface area contributed by atoms with Gasteiger partial charge in [-0.1, -0.05) is 15.9 Å². The fraction of sp³-hybridized carbons (Fsp3) is 0.462. The number of amides is 2. The van der Waals surface area contributed by atoms with Crippen LogP contribution in [0.25, 0.3) is 0 Å². The molecule has 1 aromatic rings.